The van der Waals surface area contributed by atoms with Gasteiger partial charge in [0.2, 0.25) is 0 Å². The molecule has 2 fully saturated rings. The Morgan fingerprint density at radius 2 is 2.08 bits per heavy atom. The number of carbonyl (C=O) groups excluding carboxylic acids is 1. The molecule has 2 aliphatic rings. The second-order valence-electron chi connectivity index (χ2n) is 7.27. The number of ether oxygens (including phenoxy) is 2. The van der Waals surface area contributed by atoms with E-state index in [4.69, 9.17) is 9.47 Å². The van der Waals surface area contributed by atoms with Gasteiger partial charge in [-0.1, -0.05) is 36.8 Å². The van der Waals surface area contributed by atoms with Crippen molar-refractivity contribution in [2.45, 2.75) is 38.0 Å². The van der Waals surface area contributed by atoms with Crippen LogP contribution in [0.2, 0.25) is 0 Å². The molecule has 0 bridgehead atoms. The summed E-state index contributed by atoms with van der Waals surface area (Å²) in [6.45, 7) is 5.00. The summed E-state index contributed by atoms with van der Waals surface area (Å²) in [5.41, 5.74) is 1.00. The number of benzene rings is 1. The molecule has 0 aliphatic carbocycles. The predicted molar refractivity (Wildman–Crippen MR) is 101 cm³/mol. The molecule has 26 heavy (non-hydrogen) atoms. The average Bonchev–Trinajstić information content (AvgIpc) is 2.69. The highest BCUT2D eigenvalue weighted by atomic mass is 16.6. The number of piperidine rings is 1. The van der Waals surface area contributed by atoms with E-state index < -0.39 is 0 Å². The van der Waals surface area contributed by atoms with E-state index in [1.54, 1.807) is 4.90 Å². The Hall–Kier alpha value is -1.63. The van der Waals surface area contributed by atoms with E-state index >= 15 is 0 Å². The van der Waals surface area contributed by atoms with Gasteiger partial charge < -0.3 is 24.6 Å². The van der Waals surface area contributed by atoms with Gasteiger partial charge in [0.05, 0.1) is 19.3 Å². The van der Waals surface area contributed by atoms with Crippen molar-refractivity contribution in [3.05, 3.63) is 35.9 Å². The van der Waals surface area contributed by atoms with Crippen LogP contribution in [0.5, 0.6) is 0 Å². The van der Waals surface area contributed by atoms with Crippen LogP contribution in [0.4, 0.5) is 4.79 Å². The van der Waals surface area contributed by atoms with Gasteiger partial charge in [0.15, 0.2) is 0 Å². The van der Waals surface area contributed by atoms with Crippen molar-refractivity contribution >= 4 is 6.09 Å². The van der Waals surface area contributed by atoms with Crippen molar-refractivity contribution in [1.29, 1.82) is 0 Å². The van der Waals surface area contributed by atoms with Gasteiger partial charge in [-0.3, -0.25) is 0 Å². The minimum Gasteiger partial charge on any atom is -0.445 e. The van der Waals surface area contributed by atoms with Crippen LogP contribution in [0.15, 0.2) is 30.3 Å². The summed E-state index contributed by atoms with van der Waals surface area (Å²) in [6, 6.07) is 10.4. The number of hydrogen-bond donors (Lipinski definition) is 1. The lowest BCUT2D eigenvalue weighted by Gasteiger charge is -2.35. The summed E-state index contributed by atoms with van der Waals surface area (Å²) in [7, 11) is 2.20. The first-order chi connectivity index (χ1) is 12.7. The van der Waals surface area contributed by atoms with Gasteiger partial charge in [-0.05, 0) is 32.0 Å². The largest absolute Gasteiger partial charge is 0.445 e. The lowest BCUT2D eigenvalue weighted by atomic mass is 10.0. The molecule has 3 rings (SSSR count). The maximum atomic E-state index is 12.3. The van der Waals surface area contributed by atoms with Crippen molar-refractivity contribution in [1.82, 2.24) is 15.1 Å². The molecule has 2 aliphatic heterocycles. The monoisotopic (exact) mass is 361 g/mol. The molecule has 2 saturated heterocycles. The number of likely N-dealkylation sites (tertiary alicyclic amines) is 1. The van der Waals surface area contributed by atoms with Gasteiger partial charge >= 0.3 is 6.09 Å². The molecule has 6 nitrogen and oxygen atoms in total. The molecule has 144 valence electrons. The third kappa shape index (κ3) is 5.69. The molecule has 6 heteroatoms. The number of rotatable bonds is 6. The average molecular weight is 361 g/mol. The number of amides is 1. The van der Waals surface area contributed by atoms with Crippen molar-refractivity contribution in [2.75, 3.05) is 46.4 Å². The van der Waals surface area contributed by atoms with Crippen molar-refractivity contribution < 1.29 is 14.3 Å². The molecule has 0 radical (unpaired) electrons. The second kappa shape index (κ2) is 9.90. The number of hydrogen-bond acceptors (Lipinski definition) is 5. The number of nitrogens with zero attached hydrogens (tertiary/aromatic N) is 2. The van der Waals surface area contributed by atoms with E-state index in [0.29, 0.717) is 32.3 Å². The van der Waals surface area contributed by atoms with E-state index in [2.05, 4.69) is 17.3 Å². The number of nitrogens with one attached hydrogen (secondary N) is 1. The standard InChI is InChI=1S/C20H31N3O3/c1-22-10-6-5-9-18(22)13-21-14-19-15-23(11-12-25-19)20(24)26-16-17-7-3-2-4-8-17/h2-4,7-8,18-19,21H,5-6,9-16H2,1H3. The third-order valence-corrected chi connectivity index (χ3v) is 5.28. The molecule has 0 spiro atoms. The topological polar surface area (TPSA) is 54.0 Å². The first kappa shape index (κ1) is 19.1. The van der Waals surface area contributed by atoms with Crippen molar-refractivity contribution in [2.24, 2.45) is 0 Å². The SMILES string of the molecule is CN1CCCCC1CNCC1CN(C(=O)OCc2ccccc2)CCO1. The number of morpholine rings is 1. The predicted octanol–water partition coefficient (Wildman–Crippen LogP) is 2.10. The molecule has 0 aromatic heterocycles. The Morgan fingerprint density at radius 1 is 1.23 bits per heavy atom. The summed E-state index contributed by atoms with van der Waals surface area (Å²) in [5, 5.41) is 3.53. The molecule has 1 N–H and O–H groups in total. The summed E-state index contributed by atoms with van der Waals surface area (Å²) < 4.78 is 11.2. The summed E-state index contributed by atoms with van der Waals surface area (Å²) in [6.07, 6.45) is 3.65. The molecule has 1 amide bonds. The zero-order valence-corrected chi connectivity index (χ0v) is 15.7. The highest BCUT2D eigenvalue weighted by molar-refractivity contribution is 5.67. The van der Waals surface area contributed by atoms with Crippen molar-refractivity contribution in [3.63, 3.8) is 0 Å². The second-order valence-corrected chi connectivity index (χ2v) is 7.27. The molecular weight excluding hydrogens is 330 g/mol. The first-order valence-corrected chi connectivity index (χ1v) is 9.70. The van der Waals surface area contributed by atoms with E-state index in [0.717, 1.165) is 18.7 Å². The molecule has 2 heterocycles. The molecular formula is C20H31N3O3. The molecule has 1 aromatic rings. The van der Waals surface area contributed by atoms with Gasteiger partial charge in [-0.2, -0.15) is 0 Å². The zero-order chi connectivity index (χ0) is 18.2. The van der Waals surface area contributed by atoms with Gasteiger partial charge in [0.25, 0.3) is 0 Å². The van der Waals surface area contributed by atoms with Crippen LogP contribution in [0.25, 0.3) is 0 Å². The van der Waals surface area contributed by atoms with E-state index in [1.165, 1.54) is 25.8 Å². The number of carbonyl (C=O) groups is 1. The summed E-state index contributed by atoms with van der Waals surface area (Å²) >= 11 is 0. The Kier molecular flexibility index (Phi) is 7.29. The fraction of sp³-hybridized carbons (Fsp3) is 0.650. The Bertz CT molecular complexity index is 554. The van der Waals surface area contributed by atoms with E-state index in [-0.39, 0.29) is 12.2 Å². The van der Waals surface area contributed by atoms with E-state index in [1.807, 2.05) is 30.3 Å². The third-order valence-electron chi connectivity index (χ3n) is 5.28. The van der Waals surface area contributed by atoms with Crippen LogP contribution in [-0.4, -0.2) is 74.4 Å². The number of likely N-dealkylation sites (N-methyl/N-ethyl adjacent to an activating group) is 1. The molecule has 1 aromatic carbocycles. The summed E-state index contributed by atoms with van der Waals surface area (Å²) in [5.74, 6) is 0. The lowest BCUT2D eigenvalue weighted by Crippen LogP contribution is -2.50. The first-order valence-electron chi connectivity index (χ1n) is 9.70. The van der Waals surface area contributed by atoms with E-state index in [9.17, 15) is 4.79 Å². The van der Waals surface area contributed by atoms with Gasteiger partial charge in [-0.25, -0.2) is 4.79 Å². The van der Waals surface area contributed by atoms with Crippen LogP contribution in [-0.2, 0) is 16.1 Å². The minimum atomic E-state index is -0.255. The Labute approximate surface area is 156 Å². The maximum absolute atomic E-state index is 12.3. The van der Waals surface area contributed by atoms with Gasteiger partial charge in [0.1, 0.15) is 6.61 Å². The Balaban J connectivity index is 1.37. The Morgan fingerprint density at radius 3 is 2.88 bits per heavy atom. The zero-order valence-electron chi connectivity index (χ0n) is 15.7. The van der Waals surface area contributed by atoms with Crippen LogP contribution in [0.1, 0.15) is 24.8 Å². The van der Waals surface area contributed by atoms with Crippen LogP contribution in [0.3, 0.4) is 0 Å². The molecule has 2 unspecified atom stereocenters. The quantitative estimate of drug-likeness (QED) is 0.841. The van der Waals surface area contributed by atoms with Gasteiger partial charge in [-0.15, -0.1) is 0 Å². The van der Waals surface area contributed by atoms with Crippen LogP contribution >= 0.6 is 0 Å². The fourth-order valence-corrected chi connectivity index (χ4v) is 3.63. The molecule has 2 atom stereocenters. The fourth-order valence-electron chi connectivity index (χ4n) is 3.63. The highest BCUT2D eigenvalue weighted by Crippen LogP contribution is 2.14. The van der Waals surface area contributed by atoms with Crippen LogP contribution < -0.4 is 5.32 Å². The van der Waals surface area contributed by atoms with Crippen molar-refractivity contribution in [3.8, 4) is 0 Å². The molecule has 0 saturated carbocycles. The van der Waals surface area contributed by atoms with Gasteiger partial charge in [0, 0.05) is 25.7 Å². The smallest absolute Gasteiger partial charge is 0.410 e. The minimum absolute atomic E-state index is 0.0296. The summed E-state index contributed by atoms with van der Waals surface area (Å²) in [4.78, 5) is 16.5. The van der Waals surface area contributed by atoms with Crippen LogP contribution in [0, 0.1) is 0 Å². The maximum Gasteiger partial charge on any atom is 0.410 e. The highest BCUT2D eigenvalue weighted by Gasteiger charge is 2.26. The lowest BCUT2D eigenvalue weighted by molar-refractivity contribution is -0.0275. The normalized spacial score (nSPS) is 24.4.